The Morgan fingerprint density at radius 2 is 1.92 bits per heavy atom. The Balaban J connectivity index is 2.09. The lowest BCUT2D eigenvalue weighted by Gasteiger charge is -2.38. The van der Waals surface area contributed by atoms with Crippen LogP contribution in [0.2, 0.25) is 0 Å². The van der Waals surface area contributed by atoms with Gasteiger partial charge in [0.05, 0.1) is 19.1 Å². The van der Waals surface area contributed by atoms with Crippen LogP contribution in [0.25, 0.3) is 0 Å². The Hall–Kier alpha value is -1.59. The summed E-state index contributed by atoms with van der Waals surface area (Å²) in [6, 6.07) is 7.70. The van der Waals surface area contributed by atoms with Gasteiger partial charge in [0.25, 0.3) is 0 Å². The maximum Gasteiger partial charge on any atom is 0.230 e. The predicted octanol–water partition coefficient (Wildman–Crippen LogP) is 2.11. The van der Waals surface area contributed by atoms with Gasteiger partial charge in [-0.15, -0.1) is 0 Å². The minimum absolute atomic E-state index is 0.0148. The summed E-state index contributed by atoms with van der Waals surface area (Å²) in [6.45, 7) is 7.12. The summed E-state index contributed by atoms with van der Waals surface area (Å²) >= 11 is 0. The van der Waals surface area contributed by atoms with Crippen molar-refractivity contribution in [3.8, 4) is 5.75 Å². The average Bonchev–Trinajstić information content (AvgIpc) is 2.60. The third-order valence-corrected chi connectivity index (χ3v) is 5.09. The molecule has 0 radical (unpaired) electrons. The molecule has 1 amide bonds. The van der Waals surface area contributed by atoms with Crippen molar-refractivity contribution < 1.29 is 14.3 Å². The molecule has 24 heavy (non-hydrogen) atoms. The molecule has 134 valence electrons. The summed E-state index contributed by atoms with van der Waals surface area (Å²) < 4.78 is 10.9. The van der Waals surface area contributed by atoms with E-state index in [9.17, 15) is 4.79 Å². The molecular weight excluding hydrogens is 304 g/mol. The number of amides is 1. The maximum atomic E-state index is 12.9. The minimum Gasteiger partial charge on any atom is -0.496 e. The number of carbonyl (C=O) groups is 1. The van der Waals surface area contributed by atoms with E-state index in [2.05, 4.69) is 10.6 Å². The molecule has 2 N–H and O–H groups in total. The number of hydrogen-bond donors (Lipinski definition) is 2. The number of methoxy groups -OCH3 is 2. The maximum absolute atomic E-state index is 12.9. The van der Waals surface area contributed by atoms with Crippen LogP contribution in [-0.4, -0.2) is 46.4 Å². The van der Waals surface area contributed by atoms with Gasteiger partial charge in [0.2, 0.25) is 5.91 Å². The average molecular weight is 334 g/mol. The van der Waals surface area contributed by atoms with Crippen molar-refractivity contribution >= 4 is 5.91 Å². The molecule has 1 aromatic carbocycles. The molecule has 0 saturated carbocycles. The molecule has 0 aliphatic carbocycles. The highest BCUT2D eigenvalue weighted by Crippen LogP contribution is 2.33. The van der Waals surface area contributed by atoms with E-state index in [1.165, 1.54) is 0 Å². The quantitative estimate of drug-likeness (QED) is 0.802. The Kier molecular flexibility index (Phi) is 6.24. The smallest absolute Gasteiger partial charge is 0.230 e. The standard InChI is InChI=1S/C19H30N2O3/c1-18(2,15-7-5-6-8-16(15)24-4)17(22)21-13-19(14-23-3)9-11-20-12-10-19/h5-8,20H,9-14H2,1-4H3,(H,21,22). The van der Waals surface area contributed by atoms with Gasteiger partial charge < -0.3 is 20.1 Å². The predicted molar refractivity (Wildman–Crippen MR) is 95.4 cm³/mol. The molecule has 0 aromatic heterocycles. The second kappa shape index (κ2) is 7.99. The van der Waals surface area contributed by atoms with Gasteiger partial charge in [-0.3, -0.25) is 4.79 Å². The van der Waals surface area contributed by atoms with Crippen LogP contribution < -0.4 is 15.4 Å². The first-order chi connectivity index (χ1) is 11.4. The minimum atomic E-state index is -0.659. The van der Waals surface area contributed by atoms with E-state index in [0.29, 0.717) is 13.2 Å². The highest BCUT2D eigenvalue weighted by molar-refractivity contribution is 5.88. The number of nitrogens with one attached hydrogen (secondary N) is 2. The van der Waals surface area contributed by atoms with E-state index in [1.54, 1.807) is 14.2 Å². The zero-order valence-electron chi connectivity index (χ0n) is 15.3. The van der Waals surface area contributed by atoms with E-state index < -0.39 is 5.41 Å². The highest BCUT2D eigenvalue weighted by atomic mass is 16.5. The Morgan fingerprint density at radius 1 is 1.25 bits per heavy atom. The van der Waals surface area contributed by atoms with Crippen molar-refractivity contribution in [2.24, 2.45) is 5.41 Å². The fourth-order valence-electron chi connectivity index (χ4n) is 3.41. The molecule has 0 bridgehead atoms. The van der Waals surface area contributed by atoms with Crippen LogP contribution in [0.3, 0.4) is 0 Å². The third-order valence-electron chi connectivity index (χ3n) is 5.09. The zero-order valence-corrected chi connectivity index (χ0v) is 15.3. The van der Waals surface area contributed by atoms with Crippen molar-refractivity contribution in [3.05, 3.63) is 29.8 Å². The molecule has 0 atom stereocenters. The van der Waals surface area contributed by atoms with Gasteiger partial charge in [0.1, 0.15) is 5.75 Å². The summed E-state index contributed by atoms with van der Waals surface area (Å²) in [5.74, 6) is 0.757. The second-order valence-corrected chi connectivity index (χ2v) is 7.19. The first-order valence-electron chi connectivity index (χ1n) is 8.57. The van der Waals surface area contributed by atoms with E-state index in [0.717, 1.165) is 37.2 Å². The number of para-hydroxylation sites is 1. The van der Waals surface area contributed by atoms with Crippen molar-refractivity contribution in [2.75, 3.05) is 40.5 Å². The number of carbonyl (C=O) groups excluding carboxylic acids is 1. The van der Waals surface area contributed by atoms with Gasteiger partial charge in [-0.25, -0.2) is 0 Å². The molecule has 1 saturated heterocycles. The lowest BCUT2D eigenvalue weighted by molar-refractivity contribution is -0.126. The van der Waals surface area contributed by atoms with E-state index in [1.807, 2.05) is 38.1 Å². The van der Waals surface area contributed by atoms with Crippen LogP contribution in [0.15, 0.2) is 24.3 Å². The van der Waals surface area contributed by atoms with E-state index >= 15 is 0 Å². The second-order valence-electron chi connectivity index (χ2n) is 7.19. The largest absolute Gasteiger partial charge is 0.496 e. The summed E-state index contributed by atoms with van der Waals surface area (Å²) in [6.07, 6.45) is 2.02. The first-order valence-corrected chi connectivity index (χ1v) is 8.57. The van der Waals surface area contributed by atoms with Gasteiger partial charge in [0.15, 0.2) is 0 Å². The van der Waals surface area contributed by atoms with Crippen LogP contribution in [0, 0.1) is 5.41 Å². The van der Waals surface area contributed by atoms with Crippen LogP contribution in [0.5, 0.6) is 5.75 Å². The van der Waals surface area contributed by atoms with Crippen LogP contribution in [-0.2, 0) is 14.9 Å². The van der Waals surface area contributed by atoms with Crippen LogP contribution >= 0.6 is 0 Å². The van der Waals surface area contributed by atoms with Crippen molar-refractivity contribution in [2.45, 2.75) is 32.1 Å². The number of ether oxygens (including phenoxy) is 2. The Morgan fingerprint density at radius 3 is 2.54 bits per heavy atom. The van der Waals surface area contributed by atoms with Gasteiger partial charge in [0, 0.05) is 24.6 Å². The number of benzene rings is 1. The monoisotopic (exact) mass is 334 g/mol. The zero-order chi connectivity index (χ0) is 17.6. The van der Waals surface area contributed by atoms with Crippen molar-refractivity contribution in [1.29, 1.82) is 0 Å². The SMILES string of the molecule is COCC1(CNC(=O)C(C)(C)c2ccccc2OC)CCNCC1. The molecule has 1 heterocycles. The summed E-state index contributed by atoms with van der Waals surface area (Å²) in [7, 11) is 3.36. The molecule has 1 aliphatic heterocycles. The Bertz CT molecular complexity index is 546. The number of hydrogen-bond acceptors (Lipinski definition) is 4. The molecular formula is C19H30N2O3. The first kappa shape index (κ1) is 18.7. The van der Waals surface area contributed by atoms with Crippen LogP contribution in [0.4, 0.5) is 0 Å². The van der Waals surface area contributed by atoms with Gasteiger partial charge >= 0.3 is 0 Å². The summed E-state index contributed by atoms with van der Waals surface area (Å²) in [5.41, 5.74) is 0.261. The highest BCUT2D eigenvalue weighted by Gasteiger charge is 2.36. The van der Waals surface area contributed by atoms with Crippen molar-refractivity contribution in [1.82, 2.24) is 10.6 Å². The van der Waals surface area contributed by atoms with Gasteiger partial charge in [-0.05, 0) is 45.8 Å². The van der Waals surface area contributed by atoms with Gasteiger partial charge in [-0.2, -0.15) is 0 Å². The molecule has 1 aromatic rings. The Labute approximate surface area is 145 Å². The van der Waals surface area contributed by atoms with Crippen LogP contribution in [0.1, 0.15) is 32.3 Å². The molecule has 5 nitrogen and oxygen atoms in total. The molecule has 0 unspecified atom stereocenters. The lowest BCUT2D eigenvalue weighted by Crippen LogP contribution is -2.50. The molecule has 5 heteroatoms. The molecule has 2 rings (SSSR count). The van der Waals surface area contributed by atoms with Crippen molar-refractivity contribution in [3.63, 3.8) is 0 Å². The lowest BCUT2D eigenvalue weighted by atomic mass is 9.78. The molecule has 1 aliphatic rings. The normalized spacial score (nSPS) is 17.3. The third kappa shape index (κ3) is 4.08. The van der Waals surface area contributed by atoms with Gasteiger partial charge in [-0.1, -0.05) is 18.2 Å². The fourth-order valence-corrected chi connectivity index (χ4v) is 3.41. The molecule has 0 spiro atoms. The molecule has 1 fully saturated rings. The van der Waals surface area contributed by atoms with E-state index in [-0.39, 0.29) is 11.3 Å². The topological polar surface area (TPSA) is 59.6 Å². The number of rotatable bonds is 7. The summed E-state index contributed by atoms with van der Waals surface area (Å²) in [5, 5.41) is 6.54. The van der Waals surface area contributed by atoms with E-state index in [4.69, 9.17) is 9.47 Å². The summed E-state index contributed by atoms with van der Waals surface area (Å²) in [4.78, 5) is 12.9. The number of piperidine rings is 1. The fraction of sp³-hybridized carbons (Fsp3) is 0.632.